The summed E-state index contributed by atoms with van der Waals surface area (Å²) in [7, 11) is 0. The highest BCUT2D eigenvalue weighted by Gasteiger charge is 2.52. The minimum absolute atomic E-state index is 0.0435. The molecule has 0 aromatic heterocycles. The molecule has 30 heavy (non-hydrogen) atoms. The number of aromatic hydroxyl groups is 1. The van der Waals surface area contributed by atoms with Crippen molar-refractivity contribution in [2.45, 2.75) is 52.6 Å². The SMILES string of the molecule is CC(=O)/C=C/c1ccc2cc(OC(O)C(O)C(C)C(O)C3CC3(C)C)cc(O)c2c1. The third-order valence-electron chi connectivity index (χ3n) is 6.07. The lowest BCUT2D eigenvalue weighted by molar-refractivity contribution is -0.140. The van der Waals surface area contributed by atoms with Crippen molar-refractivity contribution in [1.82, 2.24) is 0 Å². The van der Waals surface area contributed by atoms with Crippen LogP contribution in [-0.4, -0.2) is 44.7 Å². The van der Waals surface area contributed by atoms with E-state index in [1.807, 2.05) is 0 Å². The first kappa shape index (κ1) is 22.3. The molecule has 5 atom stereocenters. The second kappa shape index (κ2) is 8.38. The van der Waals surface area contributed by atoms with Crippen LogP contribution in [-0.2, 0) is 4.79 Å². The van der Waals surface area contributed by atoms with E-state index in [0.717, 1.165) is 12.0 Å². The van der Waals surface area contributed by atoms with Gasteiger partial charge in [0.15, 0.2) is 5.78 Å². The second-order valence-corrected chi connectivity index (χ2v) is 9.01. The minimum Gasteiger partial charge on any atom is -0.507 e. The van der Waals surface area contributed by atoms with Gasteiger partial charge in [-0.1, -0.05) is 39.0 Å². The Morgan fingerprint density at radius 1 is 1.20 bits per heavy atom. The normalized spacial score (nSPS) is 21.9. The number of benzene rings is 2. The number of allylic oxidation sites excluding steroid dienone is 1. The summed E-state index contributed by atoms with van der Waals surface area (Å²) < 4.78 is 5.47. The Labute approximate surface area is 176 Å². The van der Waals surface area contributed by atoms with Gasteiger partial charge in [-0.15, -0.1) is 0 Å². The number of hydrogen-bond acceptors (Lipinski definition) is 6. The van der Waals surface area contributed by atoms with Gasteiger partial charge < -0.3 is 25.2 Å². The molecule has 5 unspecified atom stereocenters. The van der Waals surface area contributed by atoms with Gasteiger partial charge in [-0.3, -0.25) is 4.79 Å². The van der Waals surface area contributed by atoms with Crippen molar-refractivity contribution in [3.63, 3.8) is 0 Å². The quantitative estimate of drug-likeness (QED) is 0.390. The lowest BCUT2D eigenvalue weighted by Gasteiger charge is -2.28. The van der Waals surface area contributed by atoms with Gasteiger partial charge in [0.2, 0.25) is 6.29 Å². The van der Waals surface area contributed by atoms with Crippen LogP contribution in [0.4, 0.5) is 0 Å². The summed E-state index contributed by atoms with van der Waals surface area (Å²) in [5.41, 5.74) is 0.810. The highest BCUT2D eigenvalue weighted by molar-refractivity contribution is 5.94. The molecular weight excluding hydrogens is 384 g/mol. The summed E-state index contributed by atoms with van der Waals surface area (Å²) in [6.07, 6.45) is 0.426. The molecule has 2 aromatic carbocycles. The fourth-order valence-corrected chi connectivity index (χ4v) is 3.84. The number of hydrogen-bond donors (Lipinski definition) is 4. The van der Waals surface area contributed by atoms with E-state index >= 15 is 0 Å². The number of carbonyl (C=O) groups is 1. The van der Waals surface area contributed by atoms with Crippen LogP contribution in [0.25, 0.3) is 16.8 Å². The highest BCUT2D eigenvalue weighted by Crippen LogP contribution is 2.55. The Hall–Kier alpha value is -2.41. The molecule has 0 spiro atoms. The number of ketones is 1. The summed E-state index contributed by atoms with van der Waals surface area (Å²) in [6.45, 7) is 7.27. The molecule has 0 saturated heterocycles. The number of phenolic OH excluding ortho intramolecular Hbond substituents is 1. The number of carbonyl (C=O) groups excluding carboxylic acids is 1. The molecule has 4 N–H and O–H groups in total. The van der Waals surface area contributed by atoms with Crippen LogP contribution in [0.1, 0.15) is 39.7 Å². The summed E-state index contributed by atoms with van der Waals surface area (Å²) in [4.78, 5) is 11.1. The Morgan fingerprint density at radius 2 is 1.87 bits per heavy atom. The first-order valence-corrected chi connectivity index (χ1v) is 10.2. The Kier molecular flexibility index (Phi) is 6.22. The summed E-state index contributed by atoms with van der Waals surface area (Å²) >= 11 is 0. The molecule has 1 saturated carbocycles. The van der Waals surface area contributed by atoms with Crippen molar-refractivity contribution in [3.8, 4) is 11.5 Å². The van der Waals surface area contributed by atoms with Crippen LogP contribution in [0, 0.1) is 17.3 Å². The number of aliphatic hydroxyl groups is 3. The van der Waals surface area contributed by atoms with Gasteiger partial charge >= 0.3 is 0 Å². The van der Waals surface area contributed by atoms with E-state index in [2.05, 4.69) is 13.8 Å². The van der Waals surface area contributed by atoms with E-state index in [4.69, 9.17) is 4.74 Å². The van der Waals surface area contributed by atoms with Crippen LogP contribution in [0.5, 0.6) is 11.5 Å². The van der Waals surface area contributed by atoms with Crippen molar-refractivity contribution in [1.29, 1.82) is 0 Å². The van der Waals surface area contributed by atoms with Crippen molar-refractivity contribution in [2.24, 2.45) is 17.3 Å². The van der Waals surface area contributed by atoms with Crippen molar-refractivity contribution in [2.75, 3.05) is 0 Å². The maximum Gasteiger partial charge on any atom is 0.224 e. The smallest absolute Gasteiger partial charge is 0.224 e. The second-order valence-electron chi connectivity index (χ2n) is 9.01. The fourth-order valence-electron chi connectivity index (χ4n) is 3.84. The molecule has 2 aromatic rings. The Morgan fingerprint density at radius 3 is 2.47 bits per heavy atom. The maximum absolute atomic E-state index is 11.1. The molecule has 162 valence electrons. The predicted octanol–water partition coefficient (Wildman–Crippen LogP) is 3.25. The Balaban J connectivity index is 1.73. The summed E-state index contributed by atoms with van der Waals surface area (Å²) in [5, 5.41) is 42.9. The zero-order chi connectivity index (χ0) is 22.2. The molecule has 0 radical (unpaired) electrons. The average molecular weight is 414 g/mol. The van der Waals surface area contributed by atoms with Gasteiger partial charge in [0, 0.05) is 17.4 Å². The van der Waals surface area contributed by atoms with E-state index in [0.29, 0.717) is 10.8 Å². The van der Waals surface area contributed by atoms with E-state index in [-0.39, 0.29) is 28.6 Å². The number of phenols is 1. The number of rotatable bonds is 8. The van der Waals surface area contributed by atoms with Gasteiger partial charge in [0.1, 0.15) is 17.6 Å². The lowest BCUT2D eigenvalue weighted by Crippen LogP contribution is -2.42. The molecular formula is C24H30O6. The predicted molar refractivity (Wildman–Crippen MR) is 115 cm³/mol. The zero-order valence-electron chi connectivity index (χ0n) is 17.7. The molecule has 1 aliphatic rings. The largest absolute Gasteiger partial charge is 0.507 e. The molecule has 0 amide bonds. The first-order chi connectivity index (χ1) is 14.0. The molecule has 1 fully saturated rings. The molecule has 0 bridgehead atoms. The Bertz CT molecular complexity index is 964. The van der Waals surface area contributed by atoms with E-state index in [1.165, 1.54) is 19.1 Å². The van der Waals surface area contributed by atoms with Gasteiger partial charge in [-0.05, 0) is 53.8 Å². The number of ether oxygens (including phenoxy) is 1. The standard InChI is InChI=1S/C24H30O6/c1-13(25)5-6-15-7-8-16-10-17(11-20(26)18(16)9-15)30-23(29)22(28)14(2)21(27)19-12-24(19,3)4/h5-11,14,19,21-23,26-29H,12H2,1-4H3/b6-5+. The zero-order valence-corrected chi connectivity index (χ0v) is 17.7. The van der Waals surface area contributed by atoms with Crippen LogP contribution in [0.2, 0.25) is 0 Å². The minimum atomic E-state index is -1.55. The van der Waals surface area contributed by atoms with Crippen molar-refractivity contribution >= 4 is 22.6 Å². The maximum atomic E-state index is 11.1. The van der Waals surface area contributed by atoms with Crippen LogP contribution < -0.4 is 4.74 Å². The van der Waals surface area contributed by atoms with Crippen LogP contribution >= 0.6 is 0 Å². The lowest BCUT2D eigenvalue weighted by atomic mass is 9.91. The monoisotopic (exact) mass is 414 g/mol. The summed E-state index contributed by atoms with van der Waals surface area (Å²) in [5.74, 6) is -0.399. The third-order valence-corrected chi connectivity index (χ3v) is 6.07. The number of fused-ring (bicyclic) bond motifs is 1. The third kappa shape index (κ3) is 4.83. The molecule has 0 heterocycles. The molecule has 3 rings (SSSR count). The van der Waals surface area contributed by atoms with Crippen LogP contribution in [0.3, 0.4) is 0 Å². The van der Waals surface area contributed by atoms with Crippen molar-refractivity contribution in [3.05, 3.63) is 42.0 Å². The van der Waals surface area contributed by atoms with Gasteiger partial charge in [-0.2, -0.15) is 0 Å². The summed E-state index contributed by atoms with van der Waals surface area (Å²) in [6, 6.07) is 8.32. The van der Waals surface area contributed by atoms with Gasteiger partial charge in [0.25, 0.3) is 0 Å². The van der Waals surface area contributed by atoms with E-state index in [1.54, 1.807) is 37.3 Å². The molecule has 6 heteroatoms. The molecule has 0 aliphatic heterocycles. The van der Waals surface area contributed by atoms with E-state index < -0.39 is 24.4 Å². The van der Waals surface area contributed by atoms with E-state index in [9.17, 15) is 25.2 Å². The molecule has 1 aliphatic carbocycles. The highest BCUT2D eigenvalue weighted by atomic mass is 16.6. The molecule has 6 nitrogen and oxygen atoms in total. The van der Waals surface area contributed by atoms with Gasteiger partial charge in [0.05, 0.1) is 6.10 Å². The fraction of sp³-hybridized carbons (Fsp3) is 0.458. The van der Waals surface area contributed by atoms with Crippen molar-refractivity contribution < 1.29 is 30.0 Å². The van der Waals surface area contributed by atoms with Gasteiger partial charge in [-0.25, -0.2) is 0 Å². The first-order valence-electron chi connectivity index (χ1n) is 10.2. The van der Waals surface area contributed by atoms with Crippen LogP contribution in [0.15, 0.2) is 36.4 Å². The topological polar surface area (TPSA) is 107 Å². The number of aliphatic hydroxyl groups excluding tert-OH is 3. The average Bonchev–Trinajstić information content (AvgIpc) is 3.32.